The summed E-state index contributed by atoms with van der Waals surface area (Å²) >= 11 is 0. The van der Waals surface area contributed by atoms with E-state index in [-0.39, 0.29) is 44.0 Å². The lowest BCUT2D eigenvalue weighted by molar-refractivity contribution is -0.136. The maximum absolute atomic E-state index is 13.4. The second kappa shape index (κ2) is 13.9. The fourth-order valence-corrected chi connectivity index (χ4v) is 4.37. The van der Waals surface area contributed by atoms with Crippen LogP contribution in [0.4, 0.5) is 0 Å². The standard InChI is InChI=1S/C30H33N5O5/c1-35-17-18-40-26-13-6-5-12-23(26)28(37)34-24(29(38)32-16-14-22-11-7-8-15-31-22)20-27(36)33-25(30(35)39)19-21-9-3-2-4-10-21/h2-13,15,24-25H,14,16-20H2,1H3,(H,32,38)(H,33,36)(H,34,37)/t24-,25-/m0/s1. The van der Waals surface area contributed by atoms with E-state index in [1.807, 2.05) is 42.5 Å². The molecule has 0 spiro atoms. The molecular formula is C30H33N5O5. The molecule has 1 aliphatic heterocycles. The molecule has 2 atom stereocenters. The molecule has 1 aromatic heterocycles. The second-order valence-electron chi connectivity index (χ2n) is 9.51. The minimum absolute atomic E-state index is 0.135. The van der Waals surface area contributed by atoms with E-state index >= 15 is 0 Å². The molecule has 4 amide bonds. The Morgan fingerprint density at radius 1 is 1.00 bits per heavy atom. The van der Waals surface area contributed by atoms with Crippen LogP contribution in [0.5, 0.6) is 5.75 Å². The third-order valence-corrected chi connectivity index (χ3v) is 6.53. The van der Waals surface area contributed by atoms with E-state index in [0.29, 0.717) is 12.2 Å². The van der Waals surface area contributed by atoms with Crippen molar-refractivity contribution in [2.45, 2.75) is 31.3 Å². The molecule has 2 aromatic carbocycles. The number of aromatic nitrogens is 1. The lowest BCUT2D eigenvalue weighted by Gasteiger charge is -2.26. The molecule has 4 rings (SSSR count). The number of carbonyl (C=O) groups is 4. The maximum Gasteiger partial charge on any atom is 0.255 e. The van der Waals surface area contributed by atoms with Crippen molar-refractivity contribution in [3.8, 4) is 5.75 Å². The van der Waals surface area contributed by atoms with Gasteiger partial charge < -0.3 is 25.6 Å². The molecule has 208 valence electrons. The van der Waals surface area contributed by atoms with Gasteiger partial charge in [-0.15, -0.1) is 0 Å². The van der Waals surface area contributed by atoms with Crippen LogP contribution in [0, 0.1) is 0 Å². The van der Waals surface area contributed by atoms with Crippen LogP contribution in [0.1, 0.15) is 28.0 Å². The summed E-state index contributed by atoms with van der Waals surface area (Å²) in [5.41, 5.74) is 1.90. The molecule has 3 aromatic rings. The molecule has 2 heterocycles. The number of benzene rings is 2. The number of pyridine rings is 1. The molecular weight excluding hydrogens is 510 g/mol. The molecule has 1 aliphatic rings. The monoisotopic (exact) mass is 543 g/mol. The summed E-state index contributed by atoms with van der Waals surface area (Å²) in [6, 6.07) is 19.5. The summed E-state index contributed by atoms with van der Waals surface area (Å²) < 4.78 is 5.86. The fourth-order valence-electron chi connectivity index (χ4n) is 4.37. The molecule has 0 saturated carbocycles. The number of nitrogens with one attached hydrogen (secondary N) is 3. The van der Waals surface area contributed by atoms with E-state index in [9.17, 15) is 19.2 Å². The second-order valence-corrected chi connectivity index (χ2v) is 9.51. The maximum atomic E-state index is 13.4. The molecule has 10 heteroatoms. The Morgan fingerprint density at radius 2 is 1.75 bits per heavy atom. The predicted molar refractivity (Wildman–Crippen MR) is 148 cm³/mol. The summed E-state index contributed by atoms with van der Waals surface area (Å²) in [6.45, 7) is 0.649. The van der Waals surface area contributed by atoms with Gasteiger partial charge in [0.1, 0.15) is 24.4 Å². The van der Waals surface area contributed by atoms with E-state index in [0.717, 1.165) is 11.3 Å². The van der Waals surface area contributed by atoms with Gasteiger partial charge in [0.15, 0.2) is 0 Å². The minimum atomic E-state index is -1.18. The molecule has 10 nitrogen and oxygen atoms in total. The number of rotatable bonds is 6. The lowest BCUT2D eigenvalue weighted by atomic mass is 10.0. The van der Waals surface area contributed by atoms with Crippen LogP contribution in [0.2, 0.25) is 0 Å². The average molecular weight is 544 g/mol. The smallest absolute Gasteiger partial charge is 0.255 e. The van der Waals surface area contributed by atoms with Gasteiger partial charge in [-0.3, -0.25) is 24.2 Å². The summed E-state index contributed by atoms with van der Waals surface area (Å²) in [4.78, 5) is 58.7. The highest BCUT2D eigenvalue weighted by atomic mass is 16.5. The van der Waals surface area contributed by atoms with Gasteiger partial charge in [0.25, 0.3) is 5.91 Å². The Hall–Kier alpha value is -4.73. The normalized spacial score (nSPS) is 18.4. The number of hydrogen-bond acceptors (Lipinski definition) is 6. The fraction of sp³-hybridized carbons (Fsp3) is 0.300. The molecule has 0 saturated heterocycles. The van der Waals surface area contributed by atoms with Crippen molar-refractivity contribution in [1.29, 1.82) is 0 Å². The van der Waals surface area contributed by atoms with Crippen LogP contribution in [0.15, 0.2) is 79.0 Å². The molecule has 0 bridgehead atoms. The topological polar surface area (TPSA) is 130 Å². The average Bonchev–Trinajstić information content (AvgIpc) is 2.97. The Balaban J connectivity index is 1.56. The number of fused-ring (bicyclic) bond motifs is 1. The van der Waals surface area contributed by atoms with Crippen LogP contribution in [-0.4, -0.2) is 72.3 Å². The van der Waals surface area contributed by atoms with E-state index in [1.54, 1.807) is 43.6 Å². The van der Waals surface area contributed by atoms with Crippen LogP contribution in [0.25, 0.3) is 0 Å². The quantitative estimate of drug-likeness (QED) is 0.432. The first-order valence-corrected chi connectivity index (χ1v) is 13.2. The zero-order valence-electron chi connectivity index (χ0n) is 22.3. The number of hydrogen-bond donors (Lipinski definition) is 3. The van der Waals surface area contributed by atoms with E-state index in [4.69, 9.17) is 4.74 Å². The van der Waals surface area contributed by atoms with Crippen molar-refractivity contribution in [1.82, 2.24) is 25.8 Å². The summed E-state index contributed by atoms with van der Waals surface area (Å²) in [7, 11) is 1.64. The molecule has 0 radical (unpaired) electrons. The van der Waals surface area contributed by atoms with E-state index < -0.39 is 29.8 Å². The van der Waals surface area contributed by atoms with Gasteiger partial charge in [0.2, 0.25) is 17.7 Å². The Morgan fingerprint density at radius 3 is 2.52 bits per heavy atom. The number of likely N-dealkylation sites (N-methyl/N-ethyl adjacent to an activating group) is 1. The Labute approximate surface area is 233 Å². The molecule has 3 N–H and O–H groups in total. The van der Waals surface area contributed by atoms with E-state index in [1.165, 1.54) is 4.90 Å². The third-order valence-electron chi connectivity index (χ3n) is 6.53. The van der Waals surface area contributed by atoms with Gasteiger partial charge >= 0.3 is 0 Å². The molecule has 0 aliphatic carbocycles. The zero-order valence-corrected chi connectivity index (χ0v) is 22.3. The molecule has 0 fully saturated rings. The van der Waals surface area contributed by atoms with Crippen LogP contribution in [-0.2, 0) is 27.2 Å². The third kappa shape index (κ3) is 7.89. The highest BCUT2D eigenvalue weighted by Crippen LogP contribution is 2.19. The highest BCUT2D eigenvalue weighted by molar-refractivity contribution is 6.01. The van der Waals surface area contributed by atoms with Crippen LogP contribution >= 0.6 is 0 Å². The first kappa shape index (κ1) is 28.3. The number of amides is 4. The molecule has 0 unspecified atom stereocenters. The number of carbonyl (C=O) groups excluding carboxylic acids is 4. The van der Waals surface area contributed by atoms with Gasteiger partial charge in [0.05, 0.1) is 18.5 Å². The molecule has 40 heavy (non-hydrogen) atoms. The van der Waals surface area contributed by atoms with Crippen molar-refractivity contribution in [3.63, 3.8) is 0 Å². The Kier molecular flexibility index (Phi) is 9.82. The minimum Gasteiger partial charge on any atom is -0.491 e. The number of nitrogens with zero attached hydrogens (tertiary/aromatic N) is 2. The van der Waals surface area contributed by atoms with Gasteiger partial charge in [0, 0.05) is 38.3 Å². The van der Waals surface area contributed by atoms with Crippen molar-refractivity contribution >= 4 is 23.6 Å². The van der Waals surface area contributed by atoms with Crippen molar-refractivity contribution in [3.05, 3.63) is 95.8 Å². The van der Waals surface area contributed by atoms with Crippen molar-refractivity contribution in [2.75, 3.05) is 26.7 Å². The number of ether oxygens (including phenoxy) is 1. The van der Waals surface area contributed by atoms with Crippen LogP contribution < -0.4 is 20.7 Å². The summed E-state index contributed by atoms with van der Waals surface area (Å²) in [5.74, 6) is -1.57. The predicted octanol–water partition coefficient (Wildman–Crippen LogP) is 1.51. The first-order chi connectivity index (χ1) is 19.4. The summed E-state index contributed by atoms with van der Waals surface area (Å²) in [5, 5.41) is 8.26. The van der Waals surface area contributed by atoms with E-state index in [2.05, 4.69) is 20.9 Å². The van der Waals surface area contributed by atoms with Gasteiger partial charge in [-0.1, -0.05) is 48.5 Å². The van der Waals surface area contributed by atoms with Gasteiger partial charge in [-0.05, 0) is 29.8 Å². The first-order valence-electron chi connectivity index (χ1n) is 13.2. The van der Waals surface area contributed by atoms with Crippen molar-refractivity contribution in [2.24, 2.45) is 0 Å². The number of para-hydroxylation sites is 1. The zero-order chi connectivity index (χ0) is 28.3. The SMILES string of the molecule is CN1CCOc2ccccc2C(=O)N[C@H](C(=O)NCCc2ccccn2)CC(=O)N[C@@H](Cc2ccccc2)C1=O. The largest absolute Gasteiger partial charge is 0.491 e. The highest BCUT2D eigenvalue weighted by Gasteiger charge is 2.30. The van der Waals surface area contributed by atoms with Gasteiger partial charge in [-0.25, -0.2) is 0 Å². The summed E-state index contributed by atoms with van der Waals surface area (Å²) in [6.07, 6.45) is 2.07. The lowest BCUT2D eigenvalue weighted by Crippen LogP contribution is -2.53. The van der Waals surface area contributed by atoms with Crippen LogP contribution in [0.3, 0.4) is 0 Å². The van der Waals surface area contributed by atoms with Crippen molar-refractivity contribution < 1.29 is 23.9 Å². The Bertz CT molecular complexity index is 1320. The van der Waals surface area contributed by atoms with Gasteiger partial charge in [-0.2, -0.15) is 0 Å².